The smallest absolute Gasteiger partial charge is 0.206 e. The van der Waals surface area contributed by atoms with Crippen LogP contribution in [0.1, 0.15) is 39.7 Å². The summed E-state index contributed by atoms with van der Waals surface area (Å²) >= 11 is 1.57. The second-order valence-corrected chi connectivity index (χ2v) is 4.73. The number of aryl methyl sites for hydroxylation is 2. The fourth-order valence-corrected chi connectivity index (χ4v) is 2.54. The van der Waals surface area contributed by atoms with Crippen molar-refractivity contribution in [1.29, 1.82) is 0 Å². The van der Waals surface area contributed by atoms with Crippen LogP contribution < -0.4 is 0 Å². The highest BCUT2D eigenvalue weighted by Gasteiger charge is 2.16. The summed E-state index contributed by atoms with van der Waals surface area (Å²) < 4.78 is 5.27. The molecule has 0 aliphatic carbocycles. The summed E-state index contributed by atoms with van der Waals surface area (Å²) in [4.78, 5) is 14.2. The third-order valence-corrected chi connectivity index (χ3v) is 3.77. The van der Waals surface area contributed by atoms with Gasteiger partial charge in [-0.1, -0.05) is 13.8 Å². The summed E-state index contributed by atoms with van der Waals surface area (Å²) in [5.41, 5.74) is 0.701. The molecule has 0 aromatic carbocycles. The topological polar surface area (TPSA) is 30.2 Å². The van der Waals surface area contributed by atoms with Crippen molar-refractivity contribution in [1.82, 2.24) is 0 Å². The Labute approximate surface area is 98.9 Å². The minimum Gasteiger partial charge on any atom is -0.469 e. The van der Waals surface area contributed by atoms with E-state index < -0.39 is 0 Å². The molecular formula is C13H14O2S. The maximum Gasteiger partial charge on any atom is 0.206 e. The molecule has 0 unspecified atom stereocenters. The van der Waals surface area contributed by atoms with Gasteiger partial charge in [0.25, 0.3) is 0 Å². The van der Waals surface area contributed by atoms with Crippen LogP contribution in [-0.2, 0) is 12.8 Å². The van der Waals surface area contributed by atoms with Gasteiger partial charge in [-0.15, -0.1) is 11.3 Å². The molecule has 0 spiro atoms. The van der Waals surface area contributed by atoms with Gasteiger partial charge >= 0.3 is 0 Å². The Kier molecular flexibility index (Phi) is 3.25. The molecule has 0 saturated carbocycles. The average Bonchev–Trinajstić information content (AvgIpc) is 2.96. The van der Waals surface area contributed by atoms with Gasteiger partial charge in [0.2, 0.25) is 5.78 Å². The highest BCUT2D eigenvalue weighted by molar-refractivity contribution is 7.14. The molecule has 0 aliphatic rings. The van der Waals surface area contributed by atoms with Crippen LogP contribution in [0, 0.1) is 0 Å². The molecule has 3 heteroatoms. The molecule has 2 aromatic heterocycles. The number of ketones is 1. The maximum atomic E-state index is 12.2. The molecular weight excluding hydrogens is 220 g/mol. The summed E-state index contributed by atoms with van der Waals surface area (Å²) in [7, 11) is 0. The monoisotopic (exact) mass is 234 g/mol. The molecule has 0 bridgehead atoms. The normalized spacial score (nSPS) is 10.6. The largest absolute Gasteiger partial charge is 0.469 e. The number of furan rings is 1. The molecule has 2 heterocycles. The number of carbonyl (C=O) groups is 1. The first-order valence-corrected chi connectivity index (χ1v) is 6.27. The Morgan fingerprint density at radius 2 is 2.06 bits per heavy atom. The van der Waals surface area contributed by atoms with Crippen molar-refractivity contribution < 1.29 is 9.21 Å². The third-order valence-electron chi connectivity index (χ3n) is 2.55. The average molecular weight is 234 g/mol. The van der Waals surface area contributed by atoms with Crippen molar-refractivity contribution >= 4 is 17.1 Å². The molecule has 0 amide bonds. The zero-order valence-electron chi connectivity index (χ0n) is 9.45. The van der Waals surface area contributed by atoms with Gasteiger partial charge < -0.3 is 4.42 Å². The summed E-state index contributed by atoms with van der Waals surface area (Å²) in [6.07, 6.45) is 3.31. The van der Waals surface area contributed by atoms with E-state index in [-0.39, 0.29) is 5.78 Å². The lowest BCUT2D eigenvalue weighted by Crippen LogP contribution is -1.99. The first kappa shape index (κ1) is 11.1. The van der Waals surface area contributed by atoms with E-state index in [1.807, 2.05) is 19.1 Å². The van der Waals surface area contributed by atoms with E-state index >= 15 is 0 Å². The molecule has 0 saturated heterocycles. The van der Waals surface area contributed by atoms with Crippen LogP contribution in [0.3, 0.4) is 0 Å². The standard InChI is InChI=1S/C13H14O2S/c1-3-9-5-6-12(16-9)13(14)10-7-8-15-11(10)4-2/h5-8H,3-4H2,1-2H3. The number of rotatable bonds is 4. The Hall–Kier alpha value is -1.35. The van der Waals surface area contributed by atoms with Crippen molar-refractivity contribution in [3.8, 4) is 0 Å². The molecule has 0 fully saturated rings. The molecule has 0 atom stereocenters. The van der Waals surface area contributed by atoms with E-state index in [4.69, 9.17) is 4.42 Å². The van der Waals surface area contributed by atoms with Crippen molar-refractivity contribution in [3.63, 3.8) is 0 Å². The fraction of sp³-hybridized carbons (Fsp3) is 0.308. The predicted molar refractivity (Wildman–Crippen MR) is 65.2 cm³/mol. The Balaban J connectivity index is 2.31. The molecule has 2 nitrogen and oxygen atoms in total. The summed E-state index contributed by atoms with van der Waals surface area (Å²) in [6, 6.07) is 5.67. The van der Waals surface area contributed by atoms with Crippen molar-refractivity contribution in [2.45, 2.75) is 26.7 Å². The Bertz CT molecular complexity index is 494. The first-order valence-electron chi connectivity index (χ1n) is 5.46. The summed E-state index contributed by atoms with van der Waals surface area (Å²) in [6.45, 7) is 4.08. The van der Waals surface area contributed by atoms with E-state index in [9.17, 15) is 4.79 Å². The zero-order chi connectivity index (χ0) is 11.5. The van der Waals surface area contributed by atoms with E-state index in [0.717, 1.165) is 23.5 Å². The van der Waals surface area contributed by atoms with Crippen molar-refractivity contribution in [3.05, 3.63) is 45.5 Å². The lowest BCUT2D eigenvalue weighted by molar-refractivity contribution is 0.104. The van der Waals surface area contributed by atoms with Gasteiger partial charge in [-0.05, 0) is 24.6 Å². The van der Waals surface area contributed by atoms with Crippen molar-refractivity contribution in [2.24, 2.45) is 0 Å². The third kappa shape index (κ3) is 1.95. The van der Waals surface area contributed by atoms with Crippen LogP contribution in [0.4, 0.5) is 0 Å². The van der Waals surface area contributed by atoms with Gasteiger partial charge in [-0.2, -0.15) is 0 Å². The van der Waals surface area contributed by atoms with Crippen molar-refractivity contribution in [2.75, 3.05) is 0 Å². The molecule has 0 aliphatic heterocycles. The minimum atomic E-state index is 0.0790. The van der Waals surface area contributed by atoms with Gasteiger partial charge in [0.1, 0.15) is 5.76 Å². The number of hydrogen-bond donors (Lipinski definition) is 0. The van der Waals surface area contributed by atoms with Crippen LogP contribution >= 0.6 is 11.3 Å². The van der Waals surface area contributed by atoms with E-state index in [2.05, 4.69) is 6.92 Å². The van der Waals surface area contributed by atoms with Crippen LogP contribution in [0.5, 0.6) is 0 Å². The molecule has 0 N–H and O–H groups in total. The predicted octanol–water partition coefficient (Wildman–Crippen LogP) is 3.70. The van der Waals surface area contributed by atoms with Crippen LogP contribution in [0.15, 0.2) is 28.9 Å². The minimum absolute atomic E-state index is 0.0790. The van der Waals surface area contributed by atoms with E-state index in [1.54, 1.807) is 23.7 Å². The fourth-order valence-electron chi connectivity index (χ4n) is 1.64. The van der Waals surface area contributed by atoms with Gasteiger partial charge in [0.15, 0.2) is 0 Å². The molecule has 0 radical (unpaired) electrons. The number of thiophene rings is 1. The van der Waals surface area contributed by atoms with Crippen LogP contribution in [0.25, 0.3) is 0 Å². The molecule has 16 heavy (non-hydrogen) atoms. The summed E-state index contributed by atoms with van der Waals surface area (Å²) in [5.74, 6) is 0.853. The molecule has 2 rings (SSSR count). The van der Waals surface area contributed by atoms with Gasteiger partial charge in [0, 0.05) is 11.3 Å². The molecule has 84 valence electrons. The Morgan fingerprint density at radius 3 is 2.69 bits per heavy atom. The van der Waals surface area contributed by atoms with Gasteiger partial charge in [0.05, 0.1) is 16.7 Å². The van der Waals surface area contributed by atoms with Gasteiger partial charge in [-0.25, -0.2) is 0 Å². The number of carbonyl (C=O) groups excluding carboxylic acids is 1. The number of hydrogen-bond acceptors (Lipinski definition) is 3. The Morgan fingerprint density at radius 1 is 1.25 bits per heavy atom. The zero-order valence-corrected chi connectivity index (χ0v) is 10.3. The lowest BCUT2D eigenvalue weighted by atomic mass is 10.1. The summed E-state index contributed by atoms with van der Waals surface area (Å²) in [5, 5.41) is 0. The quantitative estimate of drug-likeness (QED) is 0.755. The highest BCUT2D eigenvalue weighted by atomic mass is 32.1. The van der Waals surface area contributed by atoms with E-state index in [0.29, 0.717) is 5.56 Å². The highest BCUT2D eigenvalue weighted by Crippen LogP contribution is 2.22. The second-order valence-electron chi connectivity index (χ2n) is 3.56. The second kappa shape index (κ2) is 4.66. The SMILES string of the molecule is CCc1ccc(C(=O)c2ccoc2CC)s1. The molecule has 2 aromatic rings. The van der Waals surface area contributed by atoms with E-state index in [1.165, 1.54) is 4.88 Å². The maximum absolute atomic E-state index is 12.2. The van der Waals surface area contributed by atoms with Gasteiger partial charge in [-0.3, -0.25) is 4.79 Å². The lowest BCUT2D eigenvalue weighted by Gasteiger charge is -1.96. The van der Waals surface area contributed by atoms with Crippen LogP contribution in [0.2, 0.25) is 0 Å². The first-order chi connectivity index (χ1) is 7.76. The van der Waals surface area contributed by atoms with Crippen LogP contribution in [-0.4, -0.2) is 5.78 Å².